The average molecular weight is 407 g/mol. The maximum Gasteiger partial charge on any atom is 0.265 e. The van der Waals surface area contributed by atoms with Gasteiger partial charge in [-0.2, -0.15) is 0 Å². The van der Waals surface area contributed by atoms with E-state index in [4.69, 9.17) is 9.26 Å². The number of hydrogen-bond donors (Lipinski definition) is 2. The van der Waals surface area contributed by atoms with Crippen molar-refractivity contribution in [1.82, 2.24) is 9.88 Å². The van der Waals surface area contributed by atoms with Gasteiger partial charge in [-0.1, -0.05) is 12.1 Å². The van der Waals surface area contributed by atoms with Gasteiger partial charge in [0, 0.05) is 12.0 Å². The number of anilines is 1. The van der Waals surface area contributed by atoms with Gasteiger partial charge in [0.15, 0.2) is 6.10 Å². The van der Waals surface area contributed by atoms with Gasteiger partial charge < -0.3 is 14.6 Å². The van der Waals surface area contributed by atoms with Crippen LogP contribution < -0.4 is 14.8 Å². The van der Waals surface area contributed by atoms with Crippen molar-refractivity contribution in [2.75, 3.05) is 5.32 Å². The highest BCUT2D eigenvalue weighted by molar-refractivity contribution is 7.90. The molecule has 3 rings (SSSR count). The molecule has 2 heterocycles. The predicted molar refractivity (Wildman–Crippen MR) is 99.4 cm³/mol. The fraction of sp³-hybridized carbons (Fsp3) is 0.389. The highest BCUT2D eigenvalue weighted by atomic mass is 32.2. The SMILES string of the molecule is CC[C@H]1Oc2ccc(S(=O)(=O)NC(=O)CCc3c(C)noc3C)cc2NC1=O. The van der Waals surface area contributed by atoms with Crippen LogP contribution in [0.5, 0.6) is 5.75 Å². The number of benzene rings is 1. The highest BCUT2D eigenvalue weighted by Crippen LogP contribution is 2.32. The van der Waals surface area contributed by atoms with E-state index < -0.39 is 22.0 Å². The van der Waals surface area contributed by atoms with Crippen molar-refractivity contribution in [3.63, 3.8) is 0 Å². The van der Waals surface area contributed by atoms with E-state index in [1.807, 2.05) is 11.6 Å². The highest BCUT2D eigenvalue weighted by Gasteiger charge is 2.28. The van der Waals surface area contributed by atoms with Crippen LogP contribution in [0.15, 0.2) is 27.6 Å². The number of amides is 2. The Hall–Kier alpha value is -2.88. The van der Waals surface area contributed by atoms with Crippen LogP contribution in [0.2, 0.25) is 0 Å². The quantitative estimate of drug-likeness (QED) is 0.748. The summed E-state index contributed by atoms with van der Waals surface area (Å²) in [6, 6.07) is 4.05. The van der Waals surface area contributed by atoms with Gasteiger partial charge in [0.2, 0.25) is 5.91 Å². The summed E-state index contributed by atoms with van der Waals surface area (Å²) < 4.78 is 37.6. The number of carbonyl (C=O) groups is 2. The topological polar surface area (TPSA) is 128 Å². The first-order valence-electron chi connectivity index (χ1n) is 8.80. The molecule has 0 saturated carbocycles. The van der Waals surface area contributed by atoms with E-state index >= 15 is 0 Å². The normalized spacial score (nSPS) is 16.1. The Kier molecular flexibility index (Phi) is 5.41. The number of rotatable bonds is 6. The molecule has 1 aromatic carbocycles. The summed E-state index contributed by atoms with van der Waals surface area (Å²) in [4.78, 5) is 23.9. The molecule has 1 aromatic heterocycles. The molecule has 0 fully saturated rings. The van der Waals surface area contributed by atoms with Crippen molar-refractivity contribution in [1.29, 1.82) is 0 Å². The molecular formula is C18H21N3O6S. The Morgan fingerprint density at radius 3 is 2.71 bits per heavy atom. The minimum absolute atomic E-state index is 0.0366. The fourth-order valence-electron chi connectivity index (χ4n) is 2.92. The van der Waals surface area contributed by atoms with Gasteiger partial charge in [-0.3, -0.25) is 9.59 Å². The third-order valence-corrected chi connectivity index (χ3v) is 5.85. The largest absolute Gasteiger partial charge is 0.478 e. The molecule has 0 spiro atoms. The van der Waals surface area contributed by atoms with Crippen molar-refractivity contribution in [3.8, 4) is 5.75 Å². The summed E-state index contributed by atoms with van der Waals surface area (Å²) in [5.74, 6) is -0.00352. The van der Waals surface area contributed by atoms with E-state index in [2.05, 4.69) is 10.5 Å². The molecule has 0 bridgehead atoms. The summed E-state index contributed by atoms with van der Waals surface area (Å²) in [6.45, 7) is 5.30. The number of ether oxygens (including phenoxy) is 1. The van der Waals surface area contributed by atoms with Crippen LogP contribution in [0.25, 0.3) is 0 Å². The molecule has 0 radical (unpaired) electrons. The van der Waals surface area contributed by atoms with Gasteiger partial charge in [-0.25, -0.2) is 13.1 Å². The zero-order valence-electron chi connectivity index (χ0n) is 15.7. The third-order valence-electron chi connectivity index (χ3n) is 4.48. The molecule has 0 saturated heterocycles. The minimum atomic E-state index is -4.09. The second-order valence-electron chi connectivity index (χ2n) is 6.49. The molecule has 28 heavy (non-hydrogen) atoms. The minimum Gasteiger partial charge on any atom is -0.478 e. The Balaban J connectivity index is 1.70. The van der Waals surface area contributed by atoms with Crippen molar-refractivity contribution in [3.05, 3.63) is 35.2 Å². The second kappa shape index (κ2) is 7.63. The number of aryl methyl sites for hydroxylation is 2. The Labute approximate surface area is 162 Å². The first-order chi connectivity index (χ1) is 13.2. The van der Waals surface area contributed by atoms with Crippen LogP contribution in [0.1, 0.15) is 36.8 Å². The van der Waals surface area contributed by atoms with Gasteiger partial charge in [0.1, 0.15) is 11.5 Å². The monoisotopic (exact) mass is 407 g/mol. The lowest BCUT2D eigenvalue weighted by molar-refractivity contribution is -0.123. The number of nitrogens with zero attached hydrogens (tertiary/aromatic N) is 1. The lowest BCUT2D eigenvalue weighted by atomic mass is 10.1. The lowest BCUT2D eigenvalue weighted by Gasteiger charge is -2.25. The molecule has 0 aliphatic carbocycles. The van der Waals surface area contributed by atoms with Crippen LogP contribution in [0, 0.1) is 13.8 Å². The summed E-state index contributed by atoms with van der Waals surface area (Å²) >= 11 is 0. The molecule has 1 aliphatic heterocycles. The summed E-state index contributed by atoms with van der Waals surface area (Å²) in [7, 11) is -4.09. The van der Waals surface area contributed by atoms with Crippen LogP contribution in [0.3, 0.4) is 0 Å². The van der Waals surface area contributed by atoms with Gasteiger partial charge in [0.25, 0.3) is 15.9 Å². The Morgan fingerprint density at radius 1 is 1.32 bits per heavy atom. The van der Waals surface area contributed by atoms with E-state index in [0.717, 1.165) is 5.56 Å². The number of aromatic nitrogens is 1. The van der Waals surface area contributed by atoms with E-state index in [1.165, 1.54) is 18.2 Å². The van der Waals surface area contributed by atoms with E-state index in [1.54, 1.807) is 13.8 Å². The fourth-order valence-corrected chi connectivity index (χ4v) is 3.96. The average Bonchev–Trinajstić information content (AvgIpc) is 2.96. The standard InChI is InChI=1S/C18H21N3O6S/c1-4-15-18(23)19-14-9-12(5-7-16(14)26-15)28(24,25)21-17(22)8-6-13-10(2)20-27-11(13)3/h5,7,9,15H,4,6,8H2,1-3H3,(H,19,23)(H,21,22)/t15-/m1/s1. The molecule has 0 unspecified atom stereocenters. The lowest BCUT2D eigenvalue weighted by Crippen LogP contribution is -2.36. The van der Waals surface area contributed by atoms with Crippen LogP contribution in [0.4, 0.5) is 5.69 Å². The van der Waals surface area contributed by atoms with Crippen molar-refractivity contribution in [2.24, 2.45) is 0 Å². The molecule has 1 aliphatic rings. The summed E-state index contributed by atoms with van der Waals surface area (Å²) in [6.07, 6.45) is 0.158. The van der Waals surface area contributed by atoms with E-state index in [-0.39, 0.29) is 22.9 Å². The van der Waals surface area contributed by atoms with Crippen molar-refractivity contribution in [2.45, 2.75) is 51.0 Å². The number of nitrogens with one attached hydrogen (secondary N) is 2. The van der Waals surface area contributed by atoms with Crippen LogP contribution >= 0.6 is 0 Å². The number of sulfonamides is 1. The first-order valence-corrected chi connectivity index (χ1v) is 10.3. The summed E-state index contributed by atoms with van der Waals surface area (Å²) in [5.41, 5.74) is 1.70. The maximum atomic E-state index is 12.5. The smallest absolute Gasteiger partial charge is 0.265 e. The molecule has 1 atom stereocenters. The summed E-state index contributed by atoms with van der Waals surface area (Å²) in [5, 5.41) is 6.43. The van der Waals surface area contributed by atoms with Gasteiger partial charge >= 0.3 is 0 Å². The molecule has 2 amide bonds. The van der Waals surface area contributed by atoms with E-state index in [9.17, 15) is 18.0 Å². The molecule has 10 heteroatoms. The molecular weight excluding hydrogens is 386 g/mol. The van der Waals surface area contributed by atoms with E-state index in [0.29, 0.717) is 30.0 Å². The van der Waals surface area contributed by atoms with Crippen LogP contribution in [-0.4, -0.2) is 31.5 Å². The second-order valence-corrected chi connectivity index (χ2v) is 8.18. The maximum absolute atomic E-state index is 12.5. The predicted octanol–water partition coefficient (Wildman–Crippen LogP) is 1.84. The molecule has 150 valence electrons. The van der Waals surface area contributed by atoms with Crippen molar-refractivity contribution >= 4 is 27.5 Å². The zero-order valence-corrected chi connectivity index (χ0v) is 16.6. The number of hydrogen-bond acceptors (Lipinski definition) is 7. The molecule has 9 nitrogen and oxygen atoms in total. The number of fused-ring (bicyclic) bond motifs is 1. The van der Waals surface area contributed by atoms with Crippen LogP contribution in [-0.2, 0) is 26.0 Å². The Bertz CT molecular complexity index is 1010. The van der Waals surface area contributed by atoms with Crippen molar-refractivity contribution < 1.29 is 27.3 Å². The Morgan fingerprint density at radius 2 is 2.07 bits per heavy atom. The van der Waals surface area contributed by atoms with Gasteiger partial charge in [-0.05, 0) is 44.9 Å². The third kappa shape index (κ3) is 4.01. The first kappa shape index (κ1) is 19.9. The zero-order chi connectivity index (χ0) is 20.5. The molecule has 2 N–H and O–H groups in total. The van der Waals surface area contributed by atoms with Gasteiger partial charge in [0.05, 0.1) is 16.3 Å². The molecule has 2 aromatic rings. The number of carbonyl (C=O) groups excluding carboxylic acids is 2. The van der Waals surface area contributed by atoms with Gasteiger partial charge in [-0.15, -0.1) is 0 Å².